The molecule has 0 fully saturated rings. The highest BCUT2D eigenvalue weighted by Gasteiger charge is 2.34. The lowest BCUT2D eigenvalue weighted by atomic mass is 10.1. The smallest absolute Gasteiger partial charge is 0.263 e. The number of carbonyl (C=O) groups is 2. The molecule has 0 spiro atoms. The van der Waals surface area contributed by atoms with Crippen LogP contribution in [0.25, 0.3) is 0 Å². The first-order valence-corrected chi connectivity index (χ1v) is 11.0. The number of rotatable bonds is 6. The molecule has 2 aromatic carbocycles. The Morgan fingerprint density at radius 3 is 2.21 bits per heavy atom. The maximum absolute atomic E-state index is 12.4. The average Bonchev–Trinajstić information content (AvgIpc) is 3.23. The van der Waals surface area contributed by atoms with Crippen molar-refractivity contribution in [1.82, 2.24) is 15.1 Å². The lowest BCUT2D eigenvalue weighted by Gasteiger charge is -2.12. The Kier molecular flexibility index (Phi) is 4.89. The van der Waals surface area contributed by atoms with Crippen molar-refractivity contribution in [2.45, 2.75) is 18.2 Å². The molecule has 0 radical (unpaired) electrons. The first kappa shape index (κ1) is 19.2. The second-order valence-electron chi connectivity index (χ2n) is 6.48. The van der Waals surface area contributed by atoms with Crippen molar-refractivity contribution in [1.29, 1.82) is 0 Å². The molecule has 148 valence electrons. The number of nitrogens with one attached hydrogen (secondary N) is 1. The maximum atomic E-state index is 12.4. The third kappa shape index (κ3) is 3.76. The summed E-state index contributed by atoms with van der Waals surface area (Å²) < 4.78 is 27.3. The number of anilines is 1. The van der Waals surface area contributed by atoms with Crippen LogP contribution < -0.4 is 4.72 Å². The molecule has 10 heteroatoms. The lowest BCUT2D eigenvalue weighted by molar-refractivity contribution is 0.0656. The fourth-order valence-corrected chi connectivity index (χ4v) is 4.90. The number of hydrogen-bond donors (Lipinski definition) is 1. The van der Waals surface area contributed by atoms with E-state index in [-0.39, 0.29) is 34.8 Å². The van der Waals surface area contributed by atoms with Crippen LogP contribution in [0.4, 0.5) is 5.13 Å². The minimum absolute atomic E-state index is 0.128. The van der Waals surface area contributed by atoms with E-state index < -0.39 is 10.0 Å². The first-order valence-electron chi connectivity index (χ1n) is 8.72. The predicted octanol–water partition coefficient (Wildman–Crippen LogP) is 2.49. The molecule has 8 nitrogen and oxygen atoms in total. The number of sulfonamides is 1. The van der Waals surface area contributed by atoms with Crippen LogP contribution in [0, 0.1) is 6.92 Å². The van der Waals surface area contributed by atoms with Gasteiger partial charge in [-0.15, -0.1) is 10.2 Å². The highest BCUT2D eigenvalue weighted by atomic mass is 32.2. The minimum atomic E-state index is -3.76. The molecule has 1 N–H and O–H groups in total. The Morgan fingerprint density at radius 1 is 0.966 bits per heavy atom. The molecule has 0 unspecified atom stereocenters. The first-order chi connectivity index (χ1) is 13.8. The van der Waals surface area contributed by atoms with E-state index in [1.807, 2.05) is 6.92 Å². The number of amides is 2. The van der Waals surface area contributed by atoms with Crippen LogP contribution in [0.1, 0.15) is 31.3 Å². The SMILES string of the molecule is Cc1ccc(S(=O)(=O)Nc2nnc(CCN3C(=O)c4ccccc4C3=O)s2)cc1. The van der Waals surface area contributed by atoms with Crippen LogP contribution in [-0.2, 0) is 16.4 Å². The molecule has 0 saturated heterocycles. The highest BCUT2D eigenvalue weighted by molar-refractivity contribution is 7.93. The van der Waals surface area contributed by atoms with Gasteiger partial charge in [0.2, 0.25) is 5.13 Å². The van der Waals surface area contributed by atoms with Gasteiger partial charge in [0, 0.05) is 13.0 Å². The summed E-state index contributed by atoms with van der Waals surface area (Å²) in [6.45, 7) is 2.01. The average molecular weight is 428 g/mol. The van der Waals surface area contributed by atoms with Gasteiger partial charge in [-0.2, -0.15) is 0 Å². The monoisotopic (exact) mass is 428 g/mol. The van der Waals surface area contributed by atoms with Gasteiger partial charge in [-0.1, -0.05) is 41.2 Å². The van der Waals surface area contributed by atoms with E-state index in [1.54, 1.807) is 36.4 Å². The molecule has 1 aliphatic heterocycles. The summed E-state index contributed by atoms with van der Waals surface area (Å²) in [6.07, 6.45) is 0.287. The summed E-state index contributed by atoms with van der Waals surface area (Å²) in [5, 5.41) is 8.46. The Hall–Kier alpha value is -3.11. The molecule has 0 aliphatic carbocycles. The summed E-state index contributed by atoms with van der Waals surface area (Å²) in [7, 11) is -3.76. The third-order valence-corrected chi connectivity index (χ3v) is 6.83. The van der Waals surface area contributed by atoms with E-state index >= 15 is 0 Å². The Morgan fingerprint density at radius 2 is 1.59 bits per heavy atom. The van der Waals surface area contributed by atoms with Crippen molar-refractivity contribution in [3.05, 3.63) is 70.2 Å². The molecule has 2 amide bonds. The molecule has 2 heterocycles. The Labute approximate surface area is 171 Å². The topological polar surface area (TPSA) is 109 Å². The molecular weight excluding hydrogens is 412 g/mol. The predicted molar refractivity (Wildman–Crippen MR) is 107 cm³/mol. The van der Waals surface area contributed by atoms with Gasteiger partial charge in [0.15, 0.2) is 0 Å². The van der Waals surface area contributed by atoms with Crippen molar-refractivity contribution >= 4 is 38.3 Å². The summed E-state index contributed by atoms with van der Waals surface area (Å²) in [4.78, 5) is 26.1. The van der Waals surface area contributed by atoms with Crippen LogP contribution in [0.3, 0.4) is 0 Å². The van der Waals surface area contributed by atoms with E-state index in [2.05, 4.69) is 14.9 Å². The van der Waals surface area contributed by atoms with Gasteiger partial charge in [-0.25, -0.2) is 8.42 Å². The number of fused-ring (bicyclic) bond motifs is 1. The number of imide groups is 1. The van der Waals surface area contributed by atoms with Gasteiger partial charge in [0.1, 0.15) is 5.01 Å². The lowest BCUT2D eigenvalue weighted by Crippen LogP contribution is -2.31. The van der Waals surface area contributed by atoms with Crippen molar-refractivity contribution in [3.63, 3.8) is 0 Å². The fraction of sp³-hybridized carbons (Fsp3) is 0.158. The van der Waals surface area contributed by atoms with Crippen molar-refractivity contribution in [2.24, 2.45) is 0 Å². The molecule has 1 aliphatic rings. The van der Waals surface area contributed by atoms with Gasteiger partial charge in [0.05, 0.1) is 16.0 Å². The van der Waals surface area contributed by atoms with Gasteiger partial charge < -0.3 is 0 Å². The number of carbonyl (C=O) groups excluding carboxylic acids is 2. The zero-order valence-corrected chi connectivity index (χ0v) is 17.0. The maximum Gasteiger partial charge on any atom is 0.263 e. The van der Waals surface area contributed by atoms with E-state index in [0.717, 1.165) is 16.9 Å². The van der Waals surface area contributed by atoms with E-state index in [0.29, 0.717) is 16.1 Å². The fourth-order valence-electron chi connectivity index (χ4n) is 2.94. The van der Waals surface area contributed by atoms with Crippen molar-refractivity contribution in [3.8, 4) is 0 Å². The standard InChI is InChI=1S/C19H16N4O4S2/c1-12-6-8-13(9-7-12)29(26,27)22-19-21-20-16(28-19)10-11-23-17(24)14-4-2-3-5-15(14)18(23)25/h2-9H,10-11H2,1H3,(H,21,22). The second-order valence-corrected chi connectivity index (χ2v) is 9.22. The molecule has 3 aromatic rings. The number of nitrogens with zero attached hydrogens (tertiary/aromatic N) is 3. The number of hydrogen-bond acceptors (Lipinski definition) is 7. The van der Waals surface area contributed by atoms with Crippen LogP contribution in [0.15, 0.2) is 53.4 Å². The molecule has 29 heavy (non-hydrogen) atoms. The zero-order chi connectivity index (χ0) is 20.6. The van der Waals surface area contributed by atoms with E-state index in [9.17, 15) is 18.0 Å². The highest BCUT2D eigenvalue weighted by Crippen LogP contribution is 2.24. The molecule has 0 bridgehead atoms. The normalized spacial score (nSPS) is 13.6. The second kappa shape index (κ2) is 7.37. The van der Waals surface area contributed by atoms with Gasteiger partial charge in [0.25, 0.3) is 21.8 Å². The van der Waals surface area contributed by atoms with Crippen LogP contribution in [0.2, 0.25) is 0 Å². The quantitative estimate of drug-likeness (QED) is 0.604. The number of aryl methyl sites for hydroxylation is 1. The van der Waals surface area contributed by atoms with Gasteiger partial charge in [-0.05, 0) is 31.2 Å². The van der Waals surface area contributed by atoms with E-state index in [4.69, 9.17) is 0 Å². The summed E-state index contributed by atoms with van der Waals surface area (Å²) in [5.74, 6) is -0.675. The molecule has 0 atom stereocenters. The van der Waals surface area contributed by atoms with E-state index in [1.165, 1.54) is 17.0 Å². The van der Waals surface area contributed by atoms with Crippen molar-refractivity contribution in [2.75, 3.05) is 11.3 Å². The minimum Gasteiger partial charge on any atom is -0.274 e. The van der Waals surface area contributed by atoms with Gasteiger partial charge in [-0.3, -0.25) is 19.2 Å². The molecule has 0 saturated carbocycles. The summed E-state index contributed by atoms with van der Waals surface area (Å²) in [6, 6.07) is 13.1. The van der Waals surface area contributed by atoms with Crippen LogP contribution >= 0.6 is 11.3 Å². The number of benzene rings is 2. The van der Waals surface area contributed by atoms with Gasteiger partial charge >= 0.3 is 0 Å². The summed E-state index contributed by atoms with van der Waals surface area (Å²) >= 11 is 1.07. The van der Waals surface area contributed by atoms with Crippen LogP contribution in [0.5, 0.6) is 0 Å². The Bertz CT molecular complexity index is 1170. The largest absolute Gasteiger partial charge is 0.274 e. The number of aromatic nitrogens is 2. The van der Waals surface area contributed by atoms with Crippen LogP contribution in [-0.4, -0.2) is 41.9 Å². The summed E-state index contributed by atoms with van der Waals surface area (Å²) in [5.41, 5.74) is 1.73. The van der Waals surface area contributed by atoms with Crippen molar-refractivity contribution < 1.29 is 18.0 Å². The molecule has 4 rings (SSSR count). The molecule has 1 aromatic heterocycles. The molecular formula is C19H16N4O4S2. The third-order valence-electron chi connectivity index (χ3n) is 4.45. The zero-order valence-electron chi connectivity index (χ0n) is 15.3. The Balaban J connectivity index is 1.42.